The summed E-state index contributed by atoms with van der Waals surface area (Å²) in [6.07, 6.45) is 0.286. The molecule has 0 saturated carbocycles. The highest BCUT2D eigenvalue weighted by Crippen LogP contribution is 2.17. The van der Waals surface area contributed by atoms with Crippen molar-refractivity contribution < 1.29 is 14.6 Å². The molecule has 2 aromatic carbocycles. The first-order chi connectivity index (χ1) is 11.1. The van der Waals surface area contributed by atoms with E-state index in [-0.39, 0.29) is 18.9 Å². The van der Waals surface area contributed by atoms with Crippen LogP contribution >= 0.6 is 11.6 Å². The van der Waals surface area contributed by atoms with E-state index in [1.165, 1.54) is 4.90 Å². The lowest BCUT2D eigenvalue weighted by atomic mass is 10.1. The number of aliphatic hydroxyl groups is 1. The fourth-order valence-corrected chi connectivity index (χ4v) is 2.20. The van der Waals surface area contributed by atoms with E-state index in [2.05, 4.69) is 0 Å². The molecule has 0 heterocycles. The van der Waals surface area contributed by atoms with E-state index in [0.29, 0.717) is 18.2 Å². The second-order valence-corrected chi connectivity index (χ2v) is 5.71. The van der Waals surface area contributed by atoms with Crippen LogP contribution in [0.3, 0.4) is 0 Å². The first-order valence-corrected chi connectivity index (χ1v) is 7.77. The van der Waals surface area contributed by atoms with Crippen LogP contribution in [0, 0.1) is 0 Å². The fourth-order valence-electron chi connectivity index (χ4n) is 2.08. The molecule has 0 unspecified atom stereocenters. The largest absolute Gasteiger partial charge is 0.489 e. The van der Waals surface area contributed by atoms with E-state index in [9.17, 15) is 4.79 Å². The number of carbonyl (C=O) groups is 1. The van der Waals surface area contributed by atoms with Crippen LogP contribution in [0.25, 0.3) is 0 Å². The van der Waals surface area contributed by atoms with E-state index in [0.717, 1.165) is 16.9 Å². The summed E-state index contributed by atoms with van der Waals surface area (Å²) in [5, 5.41) is 9.56. The van der Waals surface area contributed by atoms with Crippen LogP contribution in [0.5, 0.6) is 5.75 Å². The smallest absolute Gasteiger partial charge is 0.226 e. The van der Waals surface area contributed by atoms with Gasteiger partial charge in [0.1, 0.15) is 12.4 Å². The molecule has 0 fully saturated rings. The van der Waals surface area contributed by atoms with Gasteiger partial charge in [0.25, 0.3) is 0 Å². The molecule has 122 valence electrons. The number of benzene rings is 2. The van der Waals surface area contributed by atoms with Crippen molar-refractivity contribution in [3.63, 3.8) is 0 Å². The SMILES string of the molecule is CN(CCO)C(=O)Cc1cccc(OCc2ccc(Cl)cc2)c1. The number of halogens is 1. The number of rotatable bonds is 7. The summed E-state index contributed by atoms with van der Waals surface area (Å²) in [4.78, 5) is 13.5. The molecule has 0 atom stereocenters. The van der Waals surface area contributed by atoms with Gasteiger partial charge in [-0.3, -0.25) is 4.79 Å². The Morgan fingerprint density at radius 2 is 1.91 bits per heavy atom. The van der Waals surface area contributed by atoms with Crippen LogP contribution in [0.4, 0.5) is 0 Å². The lowest BCUT2D eigenvalue weighted by Gasteiger charge is -2.16. The highest BCUT2D eigenvalue weighted by molar-refractivity contribution is 6.30. The quantitative estimate of drug-likeness (QED) is 0.847. The van der Waals surface area contributed by atoms with Gasteiger partial charge in [-0.05, 0) is 35.4 Å². The van der Waals surface area contributed by atoms with Gasteiger partial charge >= 0.3 is 0 Å². The molecule has 2 aromatic rings. The van der Waals surface area contributed by atoms with Crippen LogP contribution in [0.1, 0.15) is 11.1 Å². The van der Waals surface area contributed by atoms with Crippen LogP contribution in [-0.2, 0) is 17.8 Å². The van der Waals surface area contributed by atoms with Gasteiger partial charge in [0.05, 0.1) is 13.0 Å². The molecular formula is C18H20ClNO3. The minimum absolute atomic E-state index is 0.0334. The number of amides is 1. The Balaban J connectivity index is 1.94. The number of nitrogens with zero attached hydrogens (tertiary/aromatic N) is 1. The number of likely N-dealkylation sites (N-methyl/N-ethyl adjacent to an activating group) is 1. The Kier molecular flexibility index (Phi) is 6.44. The van der Waals surface area contributed by atoms with Gasteiger partial charge < -0.3 is 14.7 Å². The molecule has 23 heavy (non-hydrogen) atoms. The fraction of sp³-hybridized carbons (Fsp3) is 0.278. The first kappa shape index (κ1) is 17.3. The van der Waals surface area contributed by atoms with Crippen molar-refractivity contribution >= 4 is 17.5 Å². The van der Waals surface area contributed by atoms with Crippen molar-refractivity contribution in [3.8, 4) is 5.75 Å². The first-order valence-electron chi connectivity index (χ1n) is 7.39. The Morgan fingerprint density at radius 1 is 1.17 bits per heavy atom. The summed E-state index contributed by atoms with van der Waals surface area (Å²) in [5.74, 6) is 0.684. The van der Waals surface area contributed by atoms with Crippen molar-refractivity contribution in [2.45, 2.75) is 13.0 Å². The third-order valence-corrected chi connectivity index (χ3v) is 3.69. The van der Waals surface area contributed by atoms with Gasteiger partial charge in [0.15, 0.2) is 0 Å². The zero-order chi connectivity index (χ0) is 16.7. The van der Waals surface area contributed by atoms with Crippen LogP contribution in [0.15, 0.2) is 48.5 Å². The monoisotopic (exact) mass is 333 g/mol. The Hall–Kier alpha value is -2.04. The summed E-state index contributed by atoms with van der Waals surface area (Å²) in [7, 11) is 1.68. The van der Waals surface area contributed by atoms with Gasteiger partial charge in [-0.15, -0.1) is 0 Å². The van der Waals surface area contributed by atoms with E-state index < -0.39 is 0 Å². The van der Waals surface area contributed by atoms with Gasteiger partial charge in [0, 0.05) is 18.6 Å². The summed E-state index contributed by atoms with van der Waals surface area (Å²) < 4.78 is 5.75. The minimum Gasteiger partial charge on any atom is -0.489 e. The predicted octanol–water partition coefficient (Wildman–Crippen LogP) is 2.91. The zero-order valence-electron chi connectivity index (χ0n) is 13.0. The highest BCUT2D eigenvalue weighted by atomic mass is 35.5. The summed E-state index contributed by atoms with van der Waals surface area (Å²) in [6.45, 7) is 0.747. The van der Waals surface area contributed by atoms with Crippen molar-refractivity contribution in [1.29, 1.82) is 0 Å². The average Bonchev–Trinajstić information content (AvgIpc) is 2.55. The van der Waals surface area contributed by atoms with E-state index in [1.54, 1.807) is 7.05 Å². The molecular weight excluding hydrogens is 314 g/mol. The molecule has 0 bridgehead atoms. The van der Waals surface area contributed by atoms with Crippen molar-refractivity contribution in [2.24, 2.45) is 0 Å². The third kappa shape index (κ3) is 5.58. The maximum Gasteiger partial charge on any atom is 0.226 e. The summed E-state index contributed by atoms with van der Waals surface area (Å²) in [5.41, 5.74) is 1.91. The lowest BCUT2D eigenvalue weighted by Crippen LogP contribution is -2.30. The molecule has 0 spiro atoms. The lowest BCUT2D eigenvalue weighted by molar-refractivity contribution is -0.129. The molecule has 5 heteroatoms. The Labute approximate surface area is 141 Å². The standard InChI is InChI=1S/C18H20ClNO3/c1-20(9-10-21)18(22)12-15-3-2-4-17(11-15)23-13-14-5-7-16(19)8-6-14/h2-8,11,21H,9-10,12-13H2,1H3. The molecule has 0 aliphatic heterocycles. The molecule has 2 rings (SSSR count). The number of aliphatic hydroxyl groups excluding tert-OH is 1. The van der Waals surface area contributed by atoms with Crippen molar-refractivity contribution in [3.05, 3.63) is 64.7 Å². The number of carbonyl (C=O) groups excluding carboxylic acids is 1. The van der Waals surface area contributed by atoms with Gasteiger partial charge in [-0.2, -0.15) is 0 Å². The second kappa shape index (κ2) is 8.56. The van der Waals surface area contributed by atoms with Crippen LogP contribution in [-0.4, -0.2) is 36.1 Å². The molecule has 1 N–H and O–H groups in total. The molecule has 1 amide bonds. The minimum atomic E-state index is -0.0352. The second-order valence-electron chi connectivity index (χ2n) is 5.28. The van der Waals surface area contributed by atoms with Crippen LogP contribution in [0.2, 0.25) is 5.02 Å². The third-order valence-electron chi connectivity index (χ3n) is 3.43. The van der Waals surface area contributed by atoms with Crippen molar-refractivity contribution in [1.82, 2.24) is 4.90 Å². The van der Waals surface area contributed by atoms with E-state index >= 15 is 0 Å². The zero-order valence-corrected chi connectivity index (χ0v) is 13.8. The van der Waals surface area contributed by atoms with Gasteiger partial charge in [-0.25, -0.2) is 0 Å². The van der Waals surface area contributed by atoms with Gasteiger partial charge in [-0.1, -0.05) is 35.9 Å². The number of hydrogen-bond acceptors (Lipinski definition) is 3. The molecule has 0 aromatic heterocycles. The molecule has 0 saturated heterocycles. The average molecular weight is 334 g/mol. The van der Waals surface area contributed by atoms with E-state index in [1.807, 2.05) is 48.5 Å². The molecule has 0 radical (unpaired) electrons. The van der Waals surface area contributed by atoms with E-state index in [4.69, 9.17) is 21.4 Å². The Bertz CT molecular complexity index is 643. The maximum absolute atomic E-state index is 12.0. The summed E-state index contributed by atoms with van der Waals surface area (Å²) in [6, 6.07) is 15.0. The number of ether oxygens (including phenoxy) is 1. The number of hydrogen-bond donors (Lipinski definition) is 1. The topological polar surface area (TPSA) is 49.8 Å². The maximum atomic E-state index is 12.0. The predicted molar refractivity (Wildman–Crippen MR) is 90.7 cm³/mol. The molecule has 4 nitrogen and oxygen atoms in total. The normalized spacial score (nSPS) is 10.4. The molecule has 0 aliphatic carbocycles. The van der Waals surface area contributed by atoms with Crippen LogP contribution < -0.4 is 4.74 Å². The Morgan fingerprint density at radius 3 is 2.61 bits per heavy atom. The highest BCUT2D eigenvalue weighted by Gasteiger charge is 2.09. The summed E-state index contributed by atoms with van der Waals surface area (Å²) >= 11 is 5.85. The van der Waals surface area contributed by atoms with Gasteiger partial charge in [0.2, 0.25) is 5.91 Å². The van der Waals surface area contributed by atoms with Crippen molar-refractivity contribution in [2.75, 3.05) is 20.2 Å². The molecule has 0 aliphatic rings.